The second-order valence-electron chi connectivity index (χ2n) is 7.69. The Morgan fingerprint density at radius 3 is 2.46 bits per heavy atom. The van der Waals surface area contributed by atoms with Crippen molar-refractivity contribution >= 4 is 34.2 Å². The Morgan fingerprint density at radius 1 is 1.00 bits per heavy atom. The van der Waals surface area contributed by atoms with Crippen LogP contribution in [0, 0.1) is 0 Å². The fourth-order valence-electron chi connectivity index (χ4n) is 3.75. The molecule has 2 aromatic carbocycles. The summed E-state index contributed by atoms with van der Waals surface area (Å²) in [7, 11) is 3.08. The zero-order valence-corrected chi connectivity index (χ0v) is 19.9. The highest BCUT2D eigenvalue weighted by Crippen LogP contribution is 2.27. The molecule has 0 spiro atoms. The number of benzene rings is 2. The molecule has 1 N–H and O–H groups in total. The molecule has 0 aliphatic heterocycles. The van der Waals surface area contributed by atoms with Crippen molar-refractivity contribution in [1.29, 1.82) is 0 Å². The summed E-state index contributed by atoms with van der Waals surface area (Å²) in [4.78, 5) is 43.3. The van der Waals surface area contributed by atoms with Crippen LogP contribution in [0.2, 0.25) is 5.02 Å². The van der Waals surface area contributed by atoms with E-state index >= 15 is 0 Å². The first-order valence-corrected chi connectivity index (χ1v) is 11.1. The maximum absolute atomic E-state index is 13.3. The number of rotatable bonds is 8. The molecule has 180 valence electrons. The molecule has 0 radical (unpaired) electrons. The molecule has 0 saturated carbocycles. The summed E-state index contributed by atoms with van der Waals surface area (Å²) < 4.78 is 12.9. The largest absolute Gasteiger partial charge is 0.493 e. The van der Waals surface area contributed by atoms with Gasteiger partial charge < -0.3 is 14.8 Å². The van der Waals surface area contributed by atoms with Crippen molar-refractivity contribution in [2.45, 2.75) is 19.5 Å². The molecular formula is C25H23ClN4O5. The van der Waals surface area contributed by atoms with Gasteiger partial charge in [-0.1, -0.05) is 17.7 Å². The highest BCUT2D eigenvalue weighted by atomic mass is 35.5. The molecular weight excluding hydrogens is 472 g/mol. The smallest absolute Gasteiger partial charge is 0.332 e. The molecule has 2 heterocycles. The molecule has 10 heteroatoms. The quantitative estimate of drug-likeness (QED) is 0.403. The van der Waals surface area contributed by atoms with Crippen molar-refractivity contribution in [2.24, 2.45) is 0 Å². The molecule has 0 fully saturated rings. The number of carbonyl (C=O) groups is 1. The summed E-state index contributed by atoms with van der Waals surface area (Å²) in [6.07, 6.45) is 1.86. The second-order valence-corrected chi connectivity index (χ2v) is 8.13. The maximum Gasteiger partial charge on any atom is 0.332 e. The fraction of sp³-hybridized carbons (Fsp3) is 0.200. The first kappa shape index (κ1) is 24.0. The molecule has 0 atom stereocenters. The third kappa shape index (κ3) is 5.20. The van der Waals surface area contributed by atoms with Gasteiger partial charge in [-0.05, 0) is 60.5 Å². The van der Waals surface area contributed by atoms with E-state index in [0.717, 1.165) is 10.1 Å². The van der Waals surface area contributed by atoms with Gasteiger partial charge in [0.2, 0.25) is 5.91 Å². The van der Waals surface area contributed by atoms with Crippen LogP contribution >= 0.6 is 11.6 Å². The first-order chi connectivity index (χ1) is 16.9. The third-order valence-electron chi connectivity index (χ3n) is 5.49. The fourth-order valence-corrected chi connectivity index (χ4v) is 3.87. The van der Waals surface area contributed by atoms with Crippen molar-refractivity contribution in [2.75, 3.05) is 19.5 Å². The monoisotopic (exact) mass is 494 g/mol. The highest BCUT2D eigenvalue weighted by Gasteiger charge is 2.17. The molecule has 0 aliphatic carbocycles. The van der Waals surface area contributed by atoms with Crippen molar-refractivity contribution in [3.63, 3.8) is 0 Å². The van der Waals surface area contributed by atoms with E-state index in [-0.39, 0.29) is 24.1 Å². The number of pyridine rings is 1. The molecule has 35 heavy (non-hydrogen) atoms. The van der Waals surface area contributed by atoms with Gasteiger partial charge in [-0.15, -0.1) is 0 Å². The summed E-state index contributed by atoms with van der Waals surface area (Å²) in [5.41, 5.74) is 0.677. The number of hydrogen-bond donors (Lipinski definition) is 1. The summed E-state index contributed by atoms with van der Waals surface area (Å²) >= 11 is 5.89. The van der Waals surface area contributed by atoms with Crippen LogP contribution in [-0.4, -0.2) is 34.2 Å². The molecule has 0 aliphatic rings. The number of ether oxygens (including phenoxy) is 2. The predicted octanol–water partition coefficient (Wildman–Crippen LogP) is 3.11. The average molecular weight is 495 g/mol. The van der Waals surface area contributed by atoms with Crippen LogP contribution in [0.5, 0.6) is 11.5 Å². The number of hydrogen-bond acceptors (Lipinski definition) is 6. The van der Waals surface area contributed by atoms with Crippen molar-refractivity contribution in [3.8, 4) is 11.5 Å². The van der Waals surface area contributed by atoms with Gasteiger partial charge in [0.05, 0.1) is 19.7 Å². The van der Waals surface area contributed by atoms with Gasteiger partial charge in [0.25, 0.3) is 5.56 Å². The normalized spacial score (nSPS) is 10.8. The number of aromatic nitrogens is 3. The maximum atomic E-state index is 13.3. The molecule has 1 amide bonds. The molecule has 2 aromatic heterocycles. The van der Waals surface area contributed by atoms with E-state index in [1.807, 2.05) is 6.07 Å². The van der Waals surface area contributed by atoms with E-state index in [1.165, 1.54) is 17.9 Å². The minimum absolute atomic E-state index is 0.0957. The van der Waals surface area contributed by atoms with E-state index in [1.54, 1.807) is 55.6 Å². The Balaban J connectivity index is 1.66. The van der Waals surface area contributed by atoms with Crippen molar-refractivity contribution < 1.29 is 14.3 Å². The lowest BCUT2D eigenvalue weighted by molar-refractivity contribution is -0.116. The van der Waals surface area contributed by atoms with Gasteiger partial charge in [0, 0.05) is 23.5 Å². The lowest BCUT2D eigenvalue weighted by Gasteiger charge is -2.14. The van der Waals surface area contributed by atoms with E-state index in [4.69, 9.17) is 21.1 Å². The average Bonchev–Trinajstić information content (AvgIpc) is 2.87. The summed E-state index contributed by atoms with van der Waals surface area (Å²) in [6, 6.07) is 15.2. The van der Waals surface area contributed by atoms with Crippen LogP contribution < -0.4 is 26.0 Å². The predicted molar refractivity (Wildman–Crippen MR) is 134 cm³/mol. The Morgan fingerprint density at radius 2 is 1.74 bits per heavy atom. The van der Waals surface area contributed by atoms with Crippen LogP contribution in [0.3, 0.4) is 0 Å². The minimum Gasteiger partial charge on any atom is -0.493 e. The third-order valence-corrected chi connectivity index (χ3v) is 5.74. The van der Waals surface area contributed by atoms with Crippen LogP contribution in [0.25, 0.3) is 11.0 Å². The van der Waals surface area contributed by atoms with Gasteiger partial charge in [-0.25, -0.2) is 9.78 Å². The SMILES string of the molecule is COc1ccc(CCn2c(=O)c3ncccc3n(CC(=O)Nc3ccc(Cl)cc3)c2=O)cc1OC. The van der Waals surface area contributed by atoms with E-state index in [2.05, 4.69) is 10.3 Å². The summed E-state index contributed by atoms with van der Waals surface area (Å²) in [5.74, 6) is 0.704. The van der Waals surface area contributed by atoms with Crippen LogP contribution in [0.15, 0.2) is 70.4 Å². The van der Waals surface area contributed by atoms with E-state index < -0.39 is 17.2 Å². The Hall–Kier alpha value is -4.11. The van der Waals surface area contributed by atoms with Crippen molar-refractivity contribution in [3.05, 3.63) is 92.2 Å². The van der Waals surface area contributed by atoms with E-state index in [0.29, 0.717) is 28.6 Å². The minimum atomic E-state index is -0.595. The first-order valence-electron chi connectivity index (χ1n) is 10.8. The number of amides is 1. The molecule has 0 saturated heterocycles. The Kier molecular flexibility index (Phi) is 7.17. The highest BCUT2D eigenvalue weighted by molar-refractivity contribution is 6.30. The molecule has 4 aromatic rings. The van der Waals surface area contributed by atoms with Gasteiger partial charge >= 0.3 is 5.69 Å². The zero-order valence-electron chi connectivity index (χ0n) is 19.2. The molecule has 0 unspecified atom stereocenters. The molecule has 4 rings (SSSR count). The number of halogens is 1. The van der Waals surface area contributed by atoms with Gasteiger partial charge in [-0.2, -0.15) is 0 Å². The Bertz CT molecular complexity index is 1490. The summed E-state index contributed by atoms with van der Waals surface area (Å²) in [6.45, 7) is -0.196. The topological polar surface area (TPSA) is 104 Å². The van der Waals surface area contributed by atoms with Crippen molar-refractivity contribution in [1.82, 2.24) is 14.1 Å². The van der Waals surface area contributed by atoms with Gasteiger partial charge in [-0.3, -0.25) is 18.7 Å². The Labute approximate surface area is 205 Å². The van der Waals surface area contributed by atoms with E-state index in [9.17, 15) is 14.4 Å². The molecule has 0 bridgehead atoms. The molecule has 9 nitrogen and oxygen atoms in total. The number of methoxy groups -OCH3 is 2. The summed E-state index contributed by atoms with van der Waals surface area (Å²) in [5, 5.41) is 3.27. The number of anilines is 1. The number of nitrogens with one attached hydrogen (secondary N) is 1. The van der Waals surface area contributed by atoms with Gasteiger partial charge in [0.15, 0.2) is 17.0 Å². The van der Waals surface area contributed by atoms with Crippen LogP contribution in [0.4, 0.5) is 5.69 Å². The zero-order chi connectivity index (χ0) is 24.9. The lowest BCUT2D eigenvalue weighted by Crippen LogP contribution is -2.42. The number of nitrogens with zero attached hydrogens (tertiary/aromatic N) is 3. The standard InChI is InChI=1S/C25H23ClN4O5/c1-34-20-10-5-16(14-21(20)35-2)11-13-29-24(32)23-19(4-3-12-27-23)30(25(29)33)15-22(31)28-18-8-6-17(26)7-9-18/h3-10,12,14H,11,13,15H2,1-2H3,(H,28,31). The second kappa shape index (κ2) is 10.4. The van der Waals surface area contributed by atoms with Crippen LogP contribution in [0.1, 0.15) is 5.56 Å². The van der Waals surface area contributed by atoms with Crippen LogP contribution in [-0.2, 0) is 24.3 Å². The number of fused-ring (bicyclic) bond motifs is 1. The lowest BCUT2D eigenvalue weighted by atomic mass is 10.1. The number of aryl methyl sites for hydroxylation is 1. The number of carbonyl (C=O) groups excluding carboxylic acids is 1. The van der Waals surface area contributed by atoms with Gasteiger partial charge in [0.1, 0.15) is 6.54 Å².